The molecule has 0 aromatic heterocycles. The lowest BCUT2D eigenvalue weighted by Crippen LogP contribution is -2.48. The molecule has 2 heteroatoms. The van der Waals surface area contributed by atoms with Gasteiger partial charge >= 0.3 is 0 Å². The van der Waals surface area contributed by atoms with E-state index < -0.39 is 0 Å². The van der Waals surface area contributed by atoms with Crippen molar-refractivity contribution < 1.29 is 0 Å². The standard InChI is InChI=1S/C15H28N2/c1-17-13-7-8-14(17)10-12(9-13)15(16)11-5-3-2-4-6-11/h11-15H,2-10,16H2,1H3. The Kier molecular flexibility index (Phi) is 3.45. The summed E-state index contributed by atoms with van der Waals surface area (Å²) in [4.78, 5) is 2.63. The van der Waals surface area contributed by atoms with E-state index in [4.69, 9.17) is 5.73 Å². The van der Waals surface area contributed by atoms with Crippen LogP contribution < -0.4 is 5.73 Å². The Morgan fingerprint density at radius 1 is 0.882 bits per heavy atom. The third-order valence-electron chi connectivity index (χ3n) is 5.87. The molecule has 0 amide bonds. The Bertz CT molecular complexity index is 246. The highest BCUT2D eigenvalue weighted by Crippen LogP contribution is 2.41. The van der Waals surface area contributed by atoms with Gasteiger partial charge in [-0.3, -0.25) is 0 Å². The highest BCUT2D eigenvalue weighted by atomic mass is 15.2. The zero-order valence-corrected chi connectivity index (χ0v) is 11.3. The third kappa shape index (κ3) is 2.26. The second kappa shape index (κ2) is 4.89. The lowest BCUT2D eigenvalue weighted by atomic mass is 9.75. The Balaban J connectivity index is 1.61. The molecule has 0 aromatic carbocycles. The first-order valence-electron chi connectivity index (χ1n) is 7.73. The molecule has 98 valence electrons. The van der Waals surface area contributed by atoms with Gasteiger partial charge in [0.2, 0.25) is 0 Å². The van der Waals surface area contributed by atoms with Crippen molar-refractivity contribution in [1.29, 1.82) is 0 Å². The molecule has 0 aromatic rings. The molecule has 2 N–H and O–H groups in total. The van der Waals surface area contributed by atoms with E-state index in [0.717, 1.165) is 23.9 Å². The minimum Gasteiger partial charge on any atom is -0.327 e. The first-order valence-corrected chi connectivity index (χ1v) is 7.73. The molecule has 2 aliphatic heterocycles. The molecular formula is C15H28N2. The van der Waals surface area contributed by atoms with Crippen molar-refractivity contribution in [3.63, 3.8) is 0 Å². The number of nitrogens with zero attached hydrogens (tertiary/aromatic N) is 1. The van der Waals surface area contributed by atoms with E-state index >= 15 is 0 Å². The van der Waals surface area contributed by atoms with Crippen molar-refractivity contribution in [2.24, 2.45) is 17.6 Å². The van der Waals surface area contributed by atoms with Crippen LogP contribution >= 0.6 is 0 Å². The fourth-order valence-corrected chi connectivity index (χ4v) is 4.67. The van der Waals surface area contributed by atoms with E-state index in [1.807, 2.05) is 0 Å². The van der Waals surface area contributed by atoms with Gasteiger partial charge in [-0.1, -0.05) is 19.3 Å². The van der Waals surface area contributed by atoms with Crippen molar-refractivity contribution in [2.45, 2.75) is 75.9 Å². The van der Waals surface area contributed by atoms with Gasteiger partial charge < -0.3 is 10.6 Å². The van der Waals surface area contributed by atoms with Gasteiger partial charge in [0.1, 0.15) is 0 Å². The average Bonchev–Trinajstić information content (AvgIpc) is 2.61. The molecule has 2 bridgehead atoms. The van der Waals surface area contributed by atoms with Crippen LogP contribution in [-0.4, -0.2) is 30.1 Å². The van der Waals surface area contributed by atoms with Gasteiger partial charge in [-0.05, 0) is 57.4 Å². The number of nitrogens with two attached hydrogens (primary N) is 1. The zero-order chi connectivity index (χ0) is 11.8. The van der Waals surface area contributed by atoms with Gasteiger partial charge in [0, 0.05) is 18.1 Å². The molecule has 1 aliphatic carbocycles. The first-order chi connectivity index (χ1) is 8.25. The van der Waals surface area contributed by atoms with Crippen molar-refractivity contribution in [2.75, 3.05) is 7.05 Å². The summed E-state index contributed by atoms with van der Waals surface area (Å²) in [7, 11) is 2.32. The van der Waals surface area contributed by atoms with Crippen LogP contribution in [0.1, 0.15) is 57.8 Å². The van der Waals surface area contributed by atoms with E-state index in [2.05, 4.69) is 11.9 Å². The van der Waals surface area contributed by atoms with Crippen LogP contribution in [0.5, 0.6) is 0 Å². The molecule has 3 unspecified atom stereocenters. The van der Waals surface area contributed by atoms with Crippen molar-refractivity contribution in [3.05, 3.63) is 0 Å². The second-order valence-corrected chi connectivity index (χ2v) is 6.76. The quantitative estimate of drug-likeness (QED) is 0.799. The molecule has 2 nitrogen and oxygen atoms in total. The maximum absolute atomic E-state index is 6.60. The highest BCUT2D eigenvalue weighted by Gasteiger charge is 2.41. The summed E-state index contributed by atoms with van der Waals surface area (Å²) in [6.45, 7) is 0. The monoisotopic (exact) mass is 236 g/mol. The molecule has 3 aliphatic rings. The summed E-state index contributed by atoms with van der Waals surface area (Å²) in [5.74, 6) is 1.67. The van der Waals surface area contributed by atoms with Gasteiger partial charge in [0.15, 0.2) is 0 Å². The minimum atomic E-state index is 0.507. The molecule has 0 spiro atoms. The predicted molar refractivity (Wildman–Crippen MR) is 71.8 cm³/mol. The third-order valence-corrected chi connectivity index (χ3v) is 5.87. The first kappa shape index (κ1) is 12.0. The summed E-state index contributed by atoms with van der Waals surface area (Å²) < 4.78 is 0. The van der Waals surface area contributed by atoms with Gasteiger partial charge in [-0.2, -0.15) is 0 Å². The molecule has 3 atom stereocenters. The fourth-order valence-electron chi connectivity index (χ4n) is 4.67. The van der Waals surface area contributed by atoms with E-state index in [0.29, 0.717) is 6.04 Å². The van der Waals surface area contributed by atoms with Crippen LogP contribution in [0.15, 0.2) is 0 Å². The van der Waals surface area contributed by atoms with E-state index in [1.165, 1.54) is 57.8 Å². The predicted octanol–water partition coefficient (Wildman–Crippen LogP) is 2.77. The number of piperidine rings is 1. The molecule has 3 fully saturated rings. The summed E-state index contributed by atoms with van der Waals surface area (Å²) >= 11 is 0. The fraction of sp³-hybridized carbons (Fsp3) is 1.00. The topological polar surface area (TPSA) is 29.3 Å². The zero-order valence-electron chi connectivity index (χ0n) is 11.3. The molecule has 0 radical (unpaired) electrons. The van der Waals surface area contributed by atoms with Crippen LogP contribution in [0.2, 0.25) is 0 Å². The van der Waals surface area contributed by atoms with Gasteiger partial charge in [-0.15, -0.1) is 0 Å². The summed E-state index contributed by atoms with van der Waals surface area (Å²) in [6, 6.07) is 2.22. The Labute approximate surface area is 106 Å². The largest absolute Gasteiger partial charge is 0.327 e. The molecule has 17 heavy (non-hydrogen) atoms. The van der Waals surface area contributed by atoms with Gasteiger partial charge in [0.05, 0.1) is 0 Å². The molecular weight excluding hydrogens is 208 g/mol. The maximum atomic E-state index is 6.60. The molecule has 1 saturated carbocycles. The molecule has 2 heterocycles. The van der Waals surface area contributed by atoms with Crippen molar-refractivity contribution in [3.8, 4) is 0 Å². The molecule has 2 saturated heterocycles. The van der Waals surface area contributed by atoms with Crippen LogP contribution in [0, 0.1) is 11.8 Å². The van der Waals surface area contributed by atoms with E-state index in [9.17, 15) is 0 Å². The minimum absolute atomic E-state index is 0.507. The van der Waals surface area contributed by atoms with Crippen LogP contribution in [0.3, 0.4) is 0 Å². The highest BCUT2D eigenvalue weighted by molar-refractivity contribution is 4.97. The Hall–Kier alpha value is -0.0800. The number of rotatable bonds is 2. The van der Waals surface area contributed by atoms with Crippen LogP contribution in [-0.2, 0) is 0 Å². The average molecular weight is 236 g/mol. The van der Waals surface area contributed by atoms with Crippen molar-refractivity contribution >= 4 is 0 Å². The summed E-state index contributed by atoms with van der Waals surface area (Å²) in [5.41, 5.74) is 6.60. The van der Waals surface area contributed by atoms with E-state index in [-0.39, 0.29) is 0 Å². The summed E-state index contributed by atoms with van der Waals surface area (Å²) in [6.07, 6.45) is 12.7. The number of hydrogen-bond acceptors (Lipinski definition) is 2. The van der Waals surface area contributed by atoms with Crippen molar-refractivity contribution in [1.82, 2.24) is 4.90 Å². The van der Waals surface area contributed by atoms with Gasteiger partial charge in [0.25, 0.3) is 0 Å². The molecule has 3 rings (SSSR count). The van der Waals surface area contributed by atoms with E-state index in [1.54, 1.807) is 0 Å². The maximum Gasteiger partial charge on any atom is 0.00989 e. The van der Waals surface area contributed by atoms with Gasteiger partial charge in [-0.25, -0.2) is 0 Å². The number of fused-ring (bicyclic) bond motifs is 2. The summed E-state index contributed by atoms with van der Waals surface area (Å²) in [5, 5.41) is 0. The van der Waals surface area contributed by atoms with Crippen LogP contribution in [0.25, 0.3) is 0 Å². The second-order valence-electron chi connectivity index (χ2n) is 6.76. The lowest BCUT2D eigenvalue weighted by Gasteiger charge is -2.41. The number of hydrogen-bond donors (Lipinski definition) is 1. The normalized spacial score (nSPS) is 41.6. The Morgan fingerprint density at radius 3 is 2.06 bits per heavy atom. The SMILES string of the molecule is CN1C2CCC1CC(C(N)C1CCCCC1)C2. The lowest BCUT2D eigenvalue weighted by molar-refractivity contribution is 0.0996. The smallest absolute Gasteiger partial charge is 0.00989 e. The Morgan fingerprint density at radius 2 is 1.47 bits per heavy atom. The van der Waals surface area contributed by atoms with Crippen LogP contribution in [0.4, 0.5) is 0 Å².